The molecule has 30 heavy (non-hydrogen) atoms. The lowest BCUT2D eigenvalue weighted by Crippen LogP contribution is -2.40. The van der Waals surface area contributed by atoms with E-state index in [2.05, 4.69) is 24.2 Å². The van der Waals surface area contributed by atoms with Crippen molar-refractivity contribution in [2.75, 3.05) is 6.54 Å². The number of nitrogens with one attached hydrogen (secondary N) is 1. The molecule has 0 aliphatic heterocycles. The van der Waals surface area contributed by atoms with Crippen LogP contribution in [-0.4, -0.2) is 41.5 Å². The highest BCUT2D eigenvalue weighted by molar-refractivity contribution is 5.83. The Bertz CT molecular complexity index is 773. The molecular weight excluding hydrogens is 388 g/mol. The van der Waals surface area contributed by atoms with Crippen molar-refractivity contribution < 1.29 is 24.2 Å². The van der Waals surface area contributed by atoms with Gasteiger partial charge in [0.05, 0.1) is 0 Å². The van der Waals surface area contributed by atoms with Gasteiger partial charge in [-0.1, -0.05) is 26.0 Å². The lowest BCUT2D eigenvalue weighted by atomic mass is 10.0. The maximum Gasteiger partial charge on any atom is 0.326 e. The number of nitrogens with two attached hydrogens (primary N) is 2. The Morgan fingerprint density at radius 2 is 1.87 bits per heavy atom. The number of aliphatic carboxylic acids is 1. The highest BCUT2D eigenvalue weighted by atomic mass is 16.5. The van der Waals surface area contributed by atoms with E-state index in [1.807, 2.05) is 25.1 Å². The van der Waals surface area contributed by atoms with Crippen molar-refractivity contribution in [1.82, 2.24) is 5.32 Å². The summed E-state index contributed by atoms with van der Waals surface area (Å²) < 4.78 is 5.42. The molecule has 1 rings (SSSR count). The van der Waals surface area contributed by atoms with E-state index in [9.17, 15) is 19.5 Å². The van der Waals surface area contributed by atoms with Crippen molar-refractivity contribution in [2.45, 2.75) is 64.8 Å². The minimum absolute atomic E-state index is 0.0256. The number of rotatable bonds is 12. The standard InChI is InChI=1S/C21H32N4O5/c1-13(2)15-10-9-14(3)17(12-15)30-19(27)8-4-7-18(26)25-16(20(28)29)6-5-11-24-21(22)23/h9-10,12-13,16H,4-8,11H2,1-3H3,(H,25,26)(H,28,29)(H4,22,23,24)/t16-/m0/s1. The molecule has 1 amide bonds. The average Bonchev–Trinajstić information content (AvgIpc) is 2.65. The highest BCUT2D eigenvalue weighted by Crippen LogP contribution is 2.24. The molecule has 166 valence electrons. The lowest BCUT2D eigenvalue weighted by Gasteiger charge is -2.14. The van der Waals surface area contributed by atoms with Crippen molar-refractivity contribution >= 4 is 23.8 Å². The number of carbonyl (C=O) groups excluding carboxylic acids is 2. The van der Waals surface area contributed by atoms with Gasteiger partial charge in [0, 0.05) is 19.4 Å². The number of hydrogen-bond donors (Lipinski definition) is 4. The molecule has 0 fully saturated rings. The molecule has 0 saturated heterocycles. The Balaban J connectivity index is 2.43. The average molecular weight is 421 g/mol. The van der Waals surface area contributed by atoms with Crippen LogP contribution in [0.2, 0.25) is 0 Å². The zero-order valence-corrected chi connectivity index (χ0v) is 17.8. The summed E-state index contributed by atoms with van der Waals surface area (Å²) in [6.07, 6.45) is 0.953. The second kappa shape index (κ2) is 12.5. The van der Waals surface area contributed by atoms with E-state index in [1.54, 1.807) is 0 Å². The Hall–Kier alpha value is -3.10. The molecule has 1 aromatic rings. The minimum atomic E-state index is -1.13. The van der Waals surface area contributed by atoms with Gasteiger partial charge < -0.3 is 26.6 Å². The number of ether oxygens (including phenoxy) is 1. The van der Waals surface area contributed by atoms with Gasteiger partial charge in [-0.25, -0.2) is 4.79 Å². The van der Waals surface area contributed by atoms with Crippen molar-refractivity contribution in [2.24, 2.45) is 16.5 Å². The van der Waals surface area contributed by atoms with E-state index in [4.69, 9.17) is 16.2 Å². The molecule has 9 heteroatoms. The molecule has 0 aromatic heterocycles. The molecule has 0 aliphatic carbocycles. The SMILES string of the molecule is Cc1ccc(C(C)C)cc1OC(=O)CCCC(=O)N[C@@H](CCCN=C(N)N)C(=O)O. The van der Waals surface area contributed by atoms with Gasteiger partial charge in [-0.2, -0.15) is 0 Å². The largest absolute Gasteiger partial charge is 0.480 e. The van der Waals surface area contributed by atoms with E-state index in [1.165, 1.54) is 0 Å². The summed E-state index contributed by atoms with van der Waals surface area (Å²) in [6, 6.07) is 4.73. The minimum Gasteiger partial charge on any atom is -0.480 e. The number of guanidine groups is 1. The first-order chi connectivity index (χ1) is 14.1. The molecular formula is C21H32N4O5. The zero-order valence-electron chi connectivity index (χ0n) is 17.8. The second-order valence-electron chi connectivity index (χ2n) is 7.41. The number of carboxylic acids is 1. The van der Waals surface area contributed by atoms with Gasteiger partial charge in [-0.05, 0) is 49.3 Å². The van der Waals surface area contributed by atoms with E-state index < -0.39 is 23.9 Å². The monoisotopic (exact) mass is 420 g/mol. The van der Waals surface area contributed by atoms with Crippen molar-refractivity contribution in [3.63, 3.8) is 0 Å². The number of benzene rings is 1. The Morgan fingerprint density at radius 1 is 1.17 bits per heavy atom. The maximum atomic E-state index is 12.1. The first-order valence-electron chi connectivity index (χ1n) is 9.99. The first-order valence-corrected chi connectivity index (χ1v) is 9.99. The Kier molecular flexibility index (Phi) is 10.4. The maximum absolute atomic E-state index is 12.1. The normalized spacial score (nSPS) is 11.6. The third-order valence-corrected chi connectivity index (χ3v) is 4.47. The number of hydrogen-bond acceptors (Lipinski definition) is 5. The molecule has 1 atom stereocenters. The van der Waals surface area contributed by atoms with Gasteiger partial charge in [-0.3, -0.25) is 14.6 Å². The smallest absolute Gasteiger partial charge is 0.326 e. The van der Waals surface area contributed by atoms with Crippen molar-refractivity contribution in [3.05, 3.63) is 29.3 Å². The predicted octanol–water partition coefficient (Wildman–Crippen LogP) is 1.82. The second-order valence-corrected chi connectivity index (χ2v) is 7.41. The number of esters is 1. The quantitative estimate of drug-likeness (QED) is 0.132. The van der Waals surface area contributed by atoms with Gasteiger partial charge in [0.1, 0.15) is 11.8 Å². The molecule has 0 aliphatic rings. The highest BCUT2D eigenvalue weighted by Gasteiger charge is 2.19. The third-order valence-electron chi connectivity index (χ3n) is 4.47. The van der Waals surface area contributed by atoms with Crippen LogP contribution in [0.1, 0.15) is 63.0 Å². The van der Waals surface area contributed by atoms with Crippen LogP contribution < -0.4 is 21.5 Å². The number of aryl methyl sites for hydroxylation is 1. The van der Waals surface area contributed by atoms with Gasteiger partial charge >= 0.3 is 11.9 Å². The Labute approximate surface area is 176 Å². The molecule has 9 nitrogen and oxygen atoms in total. The molecule has 0 radical (unpaired) electrons. The Morgan fingerprint density at radius 3 is 2.47 bits per heavy atom. The molecule has 1 aromatic carbocycles. The van der Waals surface area contributed by atoms with Crippen LogP contribution in [0.5, 0.6) is 5.75 Å². The first kappa shape index (κ1) is 24.9. The van der Waals surface area contributed by atoms with Gasteiger partial charge in [0.2, 0.25) is 5.91 Å². The molecule has 0 unspecified atom stereocenters. The van der Waals surface area contributed by atoms with E-state index in [-0.39, 0.29) is 38.2 Å². The number of amides is 1. The van der Waals surface area contributed by atoms with Crippen LogP contribution in [0.3, 0.4) is 0 Å². The summed E-state index contributed by atoms with van der Waals surface area (Å²) in [5.41, 5.74) is 12.3. The topological polar surface area (TPSA) is 157 Å². The number of carboxylic acid groups (broad SMARTS) is 1. The van der Waals surface area contributed by atoms with Crippen molar-refractivity contribution in [3.8, 4) is 5.75 Å². The van der Waals surface area contributed by atoms with Gasteiger partial charge in [0.25, 0.3) is 0 Å². The summed E-state index contributed by atoms with van der Waals surface area (Å²) in [4.78, 5) is 39.2. The van der Waals surface area contributed by atoms with Crippen LogP contribution in [0.4, 0.5) is 0 Å². The molecule has 6 N–H and O–H groups in total. The fraction of sp³-hybridized carbons (Fsp3) is 0.524. The molecule has 0 bridgehead atoms. The molecule has 0 saturated carbocycles. The number of nitrogens with zero attached hydrogens (tertiary/aromatic N) is 1. The van der Waals surface area contributed by atoms with E-state index >= 15 is 0 Å². The number of aliphatic imine (C=N–C) groups is 1. The van der Waals surface area contributed by atoms with Crippen LogP contribution in [0.25, 0.3) is 0 Å². The lowest BCUT2D eigenvalue weighted by molar-refractivity contribution is -0.142. The summed E-state index contributed by atoms with van der Waals surface area (Å²) in [5, 5.41) is 11.7. The summed E-state index contributed by atoms with van der Waals surface area (Å²) in [5.74, 6) is -1.23. The van der Waals surface area contributed by atoms with Crippen LogP contribution in [-0.2, 0) is 14.4 Å². The fourth-order valence-electron chi connectivity index (χ4n) is 2.68. The summed E-state index contributed by atoms with van der Waals surface area (Å²) in [6.45, 7) is 6.25. The molecule has 0 spiro atoms. The van der Waals surface area contributed by atoms with E-state index in [0.29, 0.717) is 18.1 Å². The third kappa shape index (κ3) is 9.40. The molecule has 0 heterocycles. The number of carbonyl (C=O) groups is 3. The van der Waals surface area contributed by atoms with Crippen LogP contribution in [0, 0.1) is 6.92 Å². The van der Waals surface area contributed by atoms with E-state index in [0.717, 1.165) is 11.1 Å². The predicted molar refractivity (Wildman–Crippen MR) is 114 cm³/mol. The summed E-state index contributed by atoms with van der Waals surface area (Å²) in [7, 11) is 0. The van der Waals surface area contributed by atoms with Gasteiger partial charge in [0.15, 0.2) is 5.96 Å². The van der Waals surface area contributed by atoms with Crippen molar-refractivity contribution in [1.29, 1.82) is 0 Å². The fourth-order valence-corrected chi connectivity index (χ4v) is 2.68. The van der Waals surface area contributed by atoms with Gasteiger partial charge in [-0.15, -0.1) is 0 Å². The van der Waals surface area contributed by atoms with Crippen LogP contribution >= 0.6 is 0 Å². The summed E-state index contributed by atoms with van der Waals surface area (Å²) >= 11 is 0. The van der Waals surface area contributed by atoms with Crippen LogP contribution in [0.15, 0.2) is 23.2 Å². The zero-order chi connectivity index (χ0) is 22.7.